The van der Waals surface area contributed by atoms with Gasteiger partial charge in [-0.1, -0.05) is 92.4 Å². The van der Waals surface area contributed by atoms with Crippen LogP contribution in [0.2, 0.25) is 0 Å². The van der Waals surface area contributed by atoms with Gasteiger partial charge in [0.2, 0.25) is 11.8 Å². The maximum absolute atomic E-state index is 12.1. The average molecular weight is 572 g/mol. The summed E-state index contributed by atoms with van der Waals surface area (Å²) in [5.74, 6) is 2.92. The zero-order valence-electron chi connectivity index (χ0n) is 26.8. The molecule has 0 saturated carbocycles. The minimum atomic E-state index is -0.130. The Morgan fingerprint density at radius 3 is 1.43 bits per heavy atom. The molecule has 238 valence electrons. The highest BCUT2D eigenvalue weighted by Crippen LogP contribution is 2.22. The van der Waals surface area contributed by atoms with Crippen LogP contribution in [0.15, 0.2) is 0 Å². The third-order valence-electron chi connectivity index (χ3n) is 7.38. The van der Waals surface area contributed by atoms with Crippen molar-refractivity contribution in [1.29, 1.82) is 0 Å². The smallest absolute Gasteiger partial charge is 0.220 e. The third kappa shape index (κ3) is 28.3. The molecule has 0 spiro atoms. The summed E-state index contributed by atoms with van der Waals surface area (Å²) in [7, 11) is 0. The second-order valence-electron chi connectivity index (χ2n) is 12.1. The van der Waals surface area contributed by atoms with Crippen molar-refractivity contribution in [3.63, 3.8) is 0 Å². The summed E-state index contributed by atoms with van der Waals surface area (Å²) in [5.41, 5.74) is 5.33. The molecule has 0 heterocycles. The minimum absolute atomic E-state index is 0.0572. The summed E-state index contributed by atoms with van der Waals surface area (Å²) >= 11 is 0. The number of rotatable bonds is 29. The quantitative estimate of drug-likeness (QED) is 0.103. The number of hydrogen-bond donors (Lipinski definition) is 3. The molecule has 4 N–H and O–H groups in total. The summed E-state index contributed by atoms with van der Waals surface area (Å²) < 4.78 is 16.0. The number of carbonyl (C=O) groups is 2. The summed E-state index contributed by atoms with van der Waals surface area (Å²) in [6, 6.07) is 0. The normalized spacial score (nSPS) is 13.8. The number of ether oxygens (including phenoxy) is 3. The van der Waals surface area contributed by atoms with Gasteiger partial charge in [-0.25, -0.2) is 0 Å². The summed E-state index contributed by atoms with van der Waals surface area (Å²) in [6.45, 7) is 16.3. The first-order valence-corrected chi connectivity index (χ1v) is 16.2. The van der Waals surface area contributed by atoms with Crippen LogP contribution >= 0.6 is 0 Å². The molecule has 0 bridgehead atoms. The molecule has 0 aromatic rings. The Morgan fingerprint density at radius 1 is 0.550 bits per heavy atom. The zero-order chi connectivity index (χ0) is 29.8. The monoisotopic (exact) mass is 571 g/mol. The van der Waals surface area contributed by atoms with E-state index in [4.69, 9.17) is 19.9 Å². The molecular formula is C32H65N3O5. The van der Waals surface area contributed by atoms with Gasteiger partial charge in [0.05, 0.1) is 39.6 Å². The van der Waals surface area contributed by atoms with Crippen molar-refractivity contribution in [2.45, 2.75) is 112 Å². The molecule has 2 amide bonds. The van der Waals surface area contributed by atoms with Gasteiger partial charge in [-0.3, -0.25) is 9.59 Å². The molecule has 0 aromatic heterocycles. The Balaban J connectivity index is 3.58. The molecule has 8 heteroatoms. The first-order chi connectivity index (χ1) is 19.2. The van der Waals surface area contributed by atoms with Crippen LogP contribution in [0.4, 0.5) is 0 Å². The van der Waals surface area contributed by atoms with Gasteiger partial charge in [-0.05, 0) is 30.1 Å². The van der Waals surface area contributed by atoms with Crippen molar-refractivity contribution in [1.82, 2.24) is 10.6 Å². The van der Waals surface area contributed by atoms with E-state index in [-0.39, 0.29) is 24.7 Å². The van der Waals surface area contributed by atoms with Crippen molar-refractivity contribution in [2.24, 2.45) is 29.4 Å². The number of nitrogens with two attached hydrogens (primary N) is 1. The fraction of sp³-hybridized carbons (Fsp3) is 0.938. The molecule has 0 aliphatic heterocycles. The second-order valence-corrected chi connectivity index (χ2v) is 12.1. The van der Waals surface area contributed by atoms with Crippen LogP contribution in [0.5, 0.6) is 0 Å². The van der Waals surface area contributed by atoms with E-state index in [2.05, 4.69) is 45.3 Å². The fourth-order valence-corrected chi connectivity index (χ4v) is 4.69. The number of amides is 2. The van der Waals surface area contributed by atoms with Crippen LogP contribution < -0.4 is 16.4 Å². The van der Waals surface area contributed by atoms with Gasteiger partial charge in [-0.2, -0.15) is 0 Å². The molecule has 0 rings (SSSR count). The second kappa shape index (κ2) is 27.9. The van der Waals surface area contributed by atoms with Crippen molar-refractivity contribution >= 4 is 11.8 Å². The average Bonchev–Trinajstić information content (AvgIpc) is 2.90. The van der Waals surface area contributed by atoms with E-state index in [9.17, 15) is 9.59 Å². The Bertz CT molecular complexity index is 591. The Kier molecular flexibility index (Phi) is 27.1. The minimum Gasteiger partial charge on any atom is -0.378 e. The molecule has 0 radical (unpaired) electrons. The predicted molar refractivity (Wildman–Crippen MR) is 165 cm³/mol. The van der Waals surface area contributed by atoms with Gasteiger partial charge in [0.25, 0.3) is 0 Å². The molecule has 8 nitrogen and oxygen atoms in total. The molecule has 40 heavy (non-hydrogen) atoms. The Labute approximate surface area is 246 Å². The fourth-order valence-electron chi connectivity index (χ4n) is 4.69. The standard InChI is InChI=1S/C32H65N3O5/c1-27(2)9-6-10-28(3)11-7-12-29(4)13-8-14-30(5)17-19-34-31(36)15-16-32(37)35-20-22-39-24-26-40-25-23-38-21-18-33/h27-30H,6-26,33H2,1-5H3,(H,34,36)(H,35,37). The molecular weight excluding hydrogens is 506 g/mol. The van der Waals surface area contributed by atoms with Gasteiger partial charge in [-0.15, -0.1) is 0 Å². The van der Waals surface area contributed by atoms with E-state index in [1.165, 1.54) is 57.8 Å². The van der Waals surface area contributed by atoms with E-state index in [0.29, 0.717) is 65.2 Å². The zero-order valence-corrected chi connectivity index (χ0v) is 26.8. The highest BCUT2D eigenvalue weighted by Gasteiger charge is 2.10. The van der Waals surface area contributed by atoms with E-state index in [1.54, 1.807) is 0 Å². The molecule has 0 saturated heterocycles. The summed E-state index contributed by atoms with van der Waals surface area (Å²) in [5, 5.41) is 5.75. The van der Waals surface area contributed by atoms with Gasteiger partial charge >= 0.3 is 0 Å². The Morgan fingerprint density at radius 2 is 0.950 bits per heavy atom. The largest absolute Gasteiger partial charge is 0.378 e. The summed E-state index contributed by atoms with van der Waals surface area (Å²) in [4.78, 5) is 24.0. The first kappa shape index (κ1) is 38.8. The van der Waals surface area contributed by atoms with Gasteiger partial charge < -0.3 is 30.6 Å². The predicted octanol–water partition coefficient (Wildman–Crippen LogP) is 5.47. The number of carbonyl (C=O) groups excluding carboxylic acids is 2. The maximum Gasteiger partial charge on any atom is 0.220 e. The van der Waals surface area contributed by atoms with Crippen molar-refractivity contribution in [3.8, 4) is 0 Å². The highest BCUT2D eigenvalue weighted by atomic mass is 16.5. The lowest BCUT2D eigenvalue weighted by atomic mass is 9.91. The number of hydrogen-bond acceptors (Lipinski definition) is 6. The SMILES string of the molecule is CC(C)CCCC(C)CCCC(C)CCCC(C)CCNC(=O)CCC(=O)NCCOCCOCCOCCN. The van der Waals surface area contributed by atoms with Crippen LogP contribution in [0.1, 0.15) is 112 Å². The summed E-state index contributed by atoms with van der Waals surface area (Å²) in [6.07, 6.45) is 13.4. The molecule has 0 aliphatic rings. The maximum atomic E-state index is 12.1. The van der Waals surface area contributed by atoms with Gasteiger partial charge in [0.1, 0.15) is 0 Å². The van der Waals surface area contributed by atoms with Gasteiger partial charge in [0.15, 0.2) is 0 Å². The van der Waals surface area contributed by atoms with Crippen LogP contribution in [-0.4, -0.2) is 71.1 Å². The van der Waals surface area contributed by atoms with Crippen molar-refractivity contribution in [2.75, 3.05) is 59.3 Å². The number of nitrogens with one attached hydrogen (secondary N) is 2. The van der Waals surface area contributed by atoms with Crippen LogP contribution in [0.3, 0.4) is 0 Å². The lowest BCUT2D eigenvalue weighted by Gasteiger charge is -2.16. The first-order valence-electron chi connectivity index (χ1n) is 16.2. The lowest BCUT2D eigenvalue weighted by molar-refractivity contribution is -0.126. The highest BCUT2D eigenvalue weighted by molar-refractivity contribution is 5.83. The van der Waals surface area contributed by atoms with Gasteiger partial charge in [0, 0.05) is 32.5 Å². The van der Waals surface area contributed by atoms with E-state index >= 15 is 0 Å². The van der Waals surface area contributed by atoms with E-state index in [1.807, 2.05) is 0 Å². The molecule has 3 atom stereocenters. The van der Waals surface area contributed by atoms with E-state index in [0.717, 1.165) is 24.2 Å². The van der Waals surface area contributed by atoms with Crippen molar-refractivity contribution in [3.05, 3.63) is 0 Å². The lowest BCUT2D eigenvalue weighted by Crippen LogP contribution is -2.30. The van der Waals surface area contributed by atoms with Crippen LogP contribution in [0.25, 0.3) is 0 Å². The van der Waals surface area contributed by atoms with Crippen LogP contribution in [0, 0.1) is 23.7 Å². The Hall–Kier alpha value is -1.22. The molecule has 0 aliphatic carbocycles. The third-order valence-corrected chi connectivity index (χ3v) is 7.38. The molecule has 0 aromatic carbocycles. The van der Waals surface area contributed by atoms with E-state index < -0.39 is 0 Å². The molecule has 0 fully saturated rings. The van der Waals surface area contributed by atoms with Crippen LogP contribution in [-0.2, 0) is 23.8 Å². The molecule has 3 unspecified atom stereocenters. The topological polar surface area (TPSA) is 112 Å². The van der Waals surface area contributed by atoms with Crippen molar-refractivity contribution < 1.29 is 23.8 Å².